The Hall–Kier alpha value is -4.01. The molecule has 0 fully saturated rings. The second-order valence-electron chi connectivity index (χ2n) is 10.2. The number of aliphatic carboxylic acids is 1. The molecule has 1 aromatic rings. The van der Waals surface area contributed by atoms with E-state index in [-0.39, 0.29) is 18.8 Å². The van der Waals surface area contributed by atoms with E-state index < -0.39 is 78.2 Å². The quantitative estimate of drug-likeness (QED) is 0.107. The van der Waals surface area contributed by atoms with Crippen LogP contribution in [0.25, 0.3) is 0 Å². The van der Waals surface area contributed by atoms with E-state index in [0.717, 1.165) is 0 Å². The van der Waals surface area contributed by atoms with Crippen LogP contribution in [0, 0.1) is 11.8 Å². The van der Waals surface area contributed by atoms with Gasteiger partial charge in [0.25, 0.3) is 0 Å². The number of aliphatic hydroxyl groups excluding tert-OH is 1. The fraction of sp³-hybridized carbons (Fsp3) is 0.640. The van der Waals surface area contributed by atoms with Crippen LogP contribution >= 0.6 is 0 Å². The Morgan fingerprint density at radius 1 is 0.850 bits per heavy atom. The number of carboxylic acid groups (broad SMARTS) is 1. The first-order chi connectivity index (χ1) is 18.7. The molecule has 224 valence electrons. The minimum atomic E-state index is -1.51. The van der Waals surface area contributed by atoms with Crippen LogP contribution in [0.1, 0.15) is 53.7 Å². The van der Waals surface area contributed by atoms with Crippen molar-refractivity contribution < 1.29 is 39.0 Å². The number of carbonyl (C=O) groups is 6. The monoisotopic (exact) mass is 566 g/mol. The summed E-state index contributed by atoms with van der Waals surface area (Å²) in [7, 11) is 0. The van der Waals surface area contributed by atoms with E-state index >= 15 is 0 Å². The normalized spacial score (nSPS) is 14.8. The zero-order valence-corrected chi connectivity index (χ0v) is 23.6. The first-order valence-corrected chi connectivity index (χ1v) is 12.9. The number of hydrogen-bond donors (Lipinski definition) is 7. The van der Waals surface area contributed by atoms with E-state index in [1.807, 2.05) is 13.8 Å². The number of rotatable bonds is 16. The van der Waals surface area contributed by atoms with Gasteiger partial charge in [-0.05, 0) is 25.2 Å². The maximum absolute atomic E-state index is 13.2. The summed E-state index contributed by atoms with van der Waals surface area (Å²) in [6, 6.07) is -6.00. The van der Waals surface area contributed by atoms with E-state index in [0.29, 0.717) is 5.69 Å². The van der Waals surface area contributed by atoms with Crippen LogP contribution in [0.2, 0.25) is 0 Å². The van der Waals surface area contributed by atoms with Gasteiger partial charge in [-0.1, -0.05) is 27.7 Å². The molecule has 0 bridgehead atoms. The molecule has 0 saturated carbocycles. The van der Waals surface area contributed by atoms with E-state index in [1.165, 1.54) is 26.4 Å². The van der Waals surface area contributed by atoms with Gasteiger partial charge < -0.3 is 46.6 Å². The lowest BCUT2D eigenvalue weighted by Gasteiger charge is -2.28. The van der Waals surface area contributed by atoms with Crippen molar-refractivity contribution in [1.29, 1.82) is 0 Å². The van der Waals surface area contributed by atoms with Crippen LogP contribution in [-0.2, 0) is 35.2 Å². The highest BCUT2D eigenvalue weighted by Crippen LogP contribution is 2.09. The van der Waals surface area contributed by atoms with Crippen LogP contribution in [0.5, 0.6) is 0 Å². The van der Waals surface area contributed by atoms with Crippen LogP contribution in [0.15, 0.2) is 12.5 Å². The van der Waals surface area contributed by atoms with E-state index in [2.05, 4.69) is 36.6 Å². The maximum Gasteiger partial charge on any atom is 0.245 e. The lowest BCUT2D eigenvalue weighted by molar-refractivity contribution is -0.308. The smallest absolute Gasteiger partial charge is 0.245 e. The van der Waals surface area contributed by atoms with Crippen molar-refractivity contribution in [3.8, 4) is 0 Å². The van der Waals surface area contributed by atoms with E-state index in [4.69, 9.17) is 0 Å². The van der Waals surface area contributed by atoms with Gasteiger partial charge in [-0.25, -0.2) is 4.98 Å². The number of H-pyrrole nitrogens is 1. The average Bonchev–Trinajstić information content (AvgIpc) is 3.36. The molecule has 0 aliphatic carbocycles. The summed E-state index contributed by atoms with van der Waals surface area (Å²) in [4.78, 5) is 80.7. The summed E-state index contributed by atoms with van der Waals surface area (Å²) >= 11 is 0. The summed E-state index contributed by atoms with van der Waals surface area (Å²) in [5.41, 5.74) is 0.463. The van der Waals surface area contributed by atoms with E-state index in [9.17, 15) is 39.0 Å². The van der Waals surface area contributed by atoms with Gasteiger partial charge in [0.2, 0.25) is 29.5 Å². The Bertz CT molecular complexity index is 1030. The SMILES string of the molecule is CC(=O)N[C@@H](CO)C(=O)N[C@@H](C)C(=O)N[C@H](C(=O)N[C@@H](CC(C)C)C(=O)N[C@@H](Cc1cnc[nH]1)C(=O)[O-])C(C)C. The second kappa shape index (κ2) is 16.2. The second-order valence-corrected chi connectivity index (χ2v) is 10.2. The molecule has 0 spiro atoms. The third-order valence-electron chi connectivity index (χ3n) is 5.80. The van der Waals surface area contributed by atoms with Crippen molar-refractivity contribution in [2.24, 2.45) is 11.8 Å². The molecule has 7 N–H and O–H groups in total. The van der Waals surface area contributed by atoms with Gasteiger partial charge in [0.15, 0.2) is 0 Å². The van der Waals surface area contributed by atoms with Crippen LogP contribution in [0.3, 0.4) is 0 Å². The third-order valence-corrected chi connectivity index (χ3v) is 5.80. The highest BCUT2D eigenvalue weighted by atomic mass is 16.4. The third kappa shape index (κ3) is 11.4. The number of carbonyl (C=O) groups excluding carboxylic acids is 6. The summed E-state index contributed by atoms with van der Waals surface area (Å²) in [6.45, 7) is 8.82. The summed E-state index contributed by atoms with van der Waals surface area (Å²) in [5.74, 6) is -5.49. The molecule has 0 unspecified atom stereocenters. The van der Waals surface area contributed by atoms with Gasteiger partial charge in [-0.15, -0.1) is 0 Å². The predicted molar refractivity (Wildman–Crippen MR) is 140 cm³/mol. The molecule has 1 aromatic heterocycles. The molecule has 1 rings (SSSR count). The Labute approximate surface area is 232 Å². The Morgan fingerprint density at radius 3 is 1.93 bits per heavy atom. The van der Waals surface area contributed by atoms with Crippen molar-refractivity contribution in [2.75, 3.05) is 6.61 Å². The lowest BCUT2D eigenvalue weighted by Crippen LogP contribution is -2.60. The number of nitrogens with zero attached hydrogens (tertiary/aromatic N) is 1. The fourth-order valence-corrected chi connectivity index (χ4v) is 3.68. The standard InChI is InChI=1S/C25H41N7O8/c1-12(2)7-17(22(36)31-18(25(39)40)8-16-9-26-11-27-16)30-24(38)20(13(3)4)32-21(35)14(5)28-23(37)19(10-33)29-15(6)34/h9,11-14,17-20,33H,7-8,10H2,1-6H3,(H,26,27)(H,28,37)(H,29,34)(H,30,38)(H,31,36)(H,32,35)(H,39,40)/p-1/t14-,17-,18-,19-,20-/m0/s1. The highest BCUT2D eigenvalue weighted by molar-refractivity contribution is 5.95. The van der Waals surface area contributed by atoms with Crippen molar-refractivity contribution in [2.45, 2.75) is 84.6 Å². The van der Waals surface area contributed by atoms with Gasteiger partial charge in [-0.2, -0.15) is 0 Å². The Morgan fingerprint density at radius 2 is 1.45 bits per heavy atom. The lowest BCUT2D eigenvalue weighted by atomic mass is 9.99. The van der Waals surface area contributed by atoms with Crippen LogP contribution in [0.4, 0.5) is 0 Å². The molecule has 0 radical (unpaired) electrons. The molecule has 0 aliphatic heterocycles. The molecule has 0 aromatic carbocycles. The first kappa shape index (κ1) is 34.0. The summed E-state index contributed by atoms with van der Waals surface area (Å²) < 4.78 is 0. The van der Waals surface area contributed by atoms with Crippen molar-refractivity contribution >= 4 is 35.5 Å². The van der Waals surface area contributed by atoms with Gasteiger partial charge in [-0.3, -0.25) is 24.0 Å². The van der Waals surface area contributed by atoms with Crippen molar-refractivity contribution in [1.82, 2.24) is 36.6 Å². The molecule has 0 aliphatic rings. The Kier molecular flexibility index (Phi) is 13.8. The van der Waals surface area contributed by atoms with Crippen LogP contribution in [-0.4, -0.2) is 87.4 Å². The molecule has 1 heterocycles. The highest BCUT2D eigenvalue weighted by Gasteiger charge is 2.32. The number of imidazole rings is 1. The number of hydrogen-bond acceptors (Lipinski definition) is 9. The minimum Gasteiger partial charge on any atom is -0.548 e. The number of amides is 5. The van der Waals surface area contributed by atoms with Gasteiger partial charge in [0.05, 0.1) is 24.9 Å². The summed E-state index contributed by atoms with van der Waals surface area (Å²) in [6.07, 6.45) is 2.85. The van der Waals surface area contributed by atoms with Gasteiger partial charge in [0.1, 0.15) is 24.2 Å². The van der Waals surface area contributed by atoms with Crippen molar-refractivity contribution in [3.05, 3.63) is 18.2 Å². The van der Waals surface area contributed by atoms with Gasteiger partial charge >= 0.3 is 0 Å². The molecule has 15 heteroatoms. The largest absolute Gasteiger partial charge is 0.548 e. The van der Waals surface area contributed by atoms with E-state index in [1.54, 1.807) is 13.8 Å². The fourth-order valence-electron chi connectivity index (χ4n) is 3.68. The molecule has 0 saturated heterocycles. The molecular weight excluding hydrogens is 526 g/mol. The molecular formula is C25H40N7O8-. The van der Waals surface area contributed by atoms with Crippen molar-refractivity contribution in [3.63, 3.8) is 0 Å². The average molecular weight is 567 g/mol. The number of aromatic amines is 1. The zero-order chi connectivity index (χ0) is 30.6. The first-order valence-electron chi connectivity index (χ1n) is 12.9. The predicted octanol–water partition coefficient (Wildman–Crippen LogP) is -3.14. The Balaban J connectivity index is 2.94. The molecule has 5 atom stereocenters. The summed E-state index contributed by atoms with van der Waals surface area (Å²) in [5, 5.41) is 33.1. The number of carboxylic acids is 1. The van der Waals surface area contributed by atoms with Crippen LogP contribution < -0.4 is 31.7 Å². The number of aromatic nitrogens is 2. The zero-order valence-electron chi connectivity index (χ0n) is 23.6. The molecule has 5 amide bonds. The number of aliphatic hydroxyl groups is 1. The van der Waals surface area contributed by atoms with Gasteiger partial charge in [0, 0.05) is 25.2 Å². The molecule has 15 nitrogen and oxygen atoms in total. The minimum absolute atomic E-state index is 0.0598. The maximum atomic E-state index is 13.2. The topological polar surface area (TPSA) is 235 Å². The molecule has 40 heavy (non-hydrogen) atoms. The number of nitrogens with one attached hydrogen (secondary N) is 6.